The Balaban J connectivity index is 1.67. The molecule has 12 heteroatoms. The molecule has 0 aliphatic heterocycles. The summed E-state index contributed by atoms with van der Waals surface area (Å²) in [7, 11) is 0. The lowest BCUT2D eigenvalue weighted by Gasteiger charge is -2.03. The van der Waals surface area contributed by atoms with Gasteiger partial charge in [0, 0.05) is 24.3 Å². The lowest BCUT2D eigenvalue weighted by Crippen LogP contribution is -2.04. The predicted molar refractivity (Wildman–Crippen MR) is 127 cm³/mol. The molecule has 0 saturated heterocycles. The fourth-order valence-corrected chi connectivity index (χ4v) is 3.71. The molecule has 164 valence electrons. The Labute approximate surface area is 191 Å². The van der Waals surface area contributed by atoms with Crippen LogP contribution in [-0.4, -0.2) is 27.1 Å². The summed E-state index contributed by atoms with van der Waals surface area (Å²) >= 11 is 7.51. The third kappa shape index (κ3) is 5.86. The molecular formula is C20H17ClN6O4S. The highest BCUT2D eigenvalue weighted by Gasteiger charge is 2.10. The van der Waals surface area contributed by atoms with Crippen LogP contribution >= 0.6 is 22.9 Å². The number of hydrazone groups is 2. The largest absolute Gasteiger partial charge is 0.278 e. The number of hydrogen-bond donors (Lipinski definition) is 2. The van der Waals surface area contributed by atoms with Crippen LogP contribution in [-0.2, 0) is 0 Å². The number of thiophene rings is 1. The van der Waals surface area contributed by atoms with Crippen LogP contribution in [0.3, 0.4) is 0 Å². The fraction of sp³-hybridized carbons (Fsp3) is 0.100. The molecule has 0 radical (unpaired) electrons. The SMILES string of the molecule is CC(=NNc1ccc([N+](=O)[O-])cc1)c1ccc(C(CCl)=NNc2ccc([N+](=O)[O-])cc2)s1. The first kappa shape index (κ1) is 22.8. The molecule has 3 aromatic rings. The van der Waals surface area contributed by atoms with Gasteiger partial charge in [0.05, 0.1) is 48.3 Å². The zero-order chi connectivity index (χ0) is 23.1. The van der Waals surface area contributed by atoms with Gasteiger partial charge in [0.15, 0.2) is 0 Å². The van der Waals surface area contributed by atoms with E-state index >= 15 is 0 Å². The number of nitro benzene ring substituents is 2. The molecule has 32 heavy (non-hydrogen) atoms. The predicted octanol–water partition coefficient (Wildman–Crippen LogP) is 5.46. The van der Waals surface area contributed by atoms with Crippen molar-refractivity contribution in [2.75, 3.05) is 16.7 Å². The molecule has 0 bridgehead atoms. The molecule has 0 aliphatic rings. The van der Waals surface area contributed by atoms with Crippen molar-refractivity contribution < 1.29 is 9.85 Å². The van der Waals surface area contributed by atoms with Crippen molar-refractivity contribution in [1.82, 2.24) is 0 Å². The number of rotatable bonds is 9. The molecule has 2 N–H and O–H groups in total. The van der Waals surface area contributed by atoms with E-state index in [1.165, 1.54) is 35.6 Å². The Kier molecular flexibility index (Phi) is 7.47. The number of anilines is 2. The normalized spacial score (nSPS) is 11.8. The molecule has 0 spiro atoms. The van der Waals surface area contributed by atoms with Gasteiger partial charge in [-0.15, -0.1) is 22.9 Å². The minimum absolute atomic E-state index is 0.00269. The summed E-state index contributed by atoms with van der Waals surface area (Å²) in [6, 6.07) is 15.6. The Morgan fingerprint density at radius 3 is 1.78 bits per heavy atom. The van der Waals surface area contributed by atoms with E-state index in [1.807, 2.05) is 19.1 Å². The molecular weight excluding hydrogens is 456 g/mol. The molecule has 0 aliphatic carbocycles. The second-order valence-electron chi connectivity index (χ2n) is 6.38. The molecule has 1 aromatic heterocycles. The zero-order valence-electron chi connectivity index (χ0n) is 16.7. The minimum Gasteiger partial charge on any atom is -0.278 e. The molecule has 3 rings (SSSR count). The van der Waals surface area contributed by atoms with E-state index in [1.54, 1.807) is 24.3 Å². The van der Waals surface area contributed by atoms with Crippen molar-refractivity contribution in [3.63, 3.8) is 0 Å². The average molecular weight is 473 g/mol. The fourth-order valence-electron chi connectivity index (χ4n) is 2.49. The number of non-ortho nitro benzene ring substituents is 2. The van der Waals surface area contributed by atoms with Crippen LogP contribution in [0, 0.1) is 20.2 Å². The van der Waals surface area contributed by atoms with E-state index in [0.29, 0.717) is 17.1 Å². The van der Waals surface area contributed by atoms with E-state index in [-0.39, 0.29) is 17.3 Å². The standard InChI is InChI=1S/C20H17ClN6O4S/c1-13(22-23-14-2-6-16(7-3-14)26(28)29)19-10-11-20(32-19)18(12-21)25-24-15-4-8-17(9-5-15)27(30)31/h2-11,23-24H,12H2,1H3. The summed E-state index contributed by atoms with van der Waals surface area (Å²) in [4.78, 5) is 22.3. The van der Waals surface area contributed by atoms with Crippen molar-refractivity contribution in [2.24, 2.45) is 10.2 Å². The monoisotopic (exact) mass is 472 g/mol. The Morgan fingerprint density at radius 1 is 0.844 bits per heavy atom. The number of nitrogens with zero attached hydrogens (tertiary/aromatic N) is 4. The van der Waals surface area contributed by atoms with Crippen molar-refractivity contribution >= 4 is 57.1 Å². The van der Waals surface area contributed by atoms with Crippen LogP contribution in [0.25, 0.3) is 0 Å². The quantitative estimate of drug-likeness (QED) is 0.184. The first-order valence-corrected chi connectivity index (χ1v) is 10.5. The maximum absolute atomic E-state index is 10.7. The van der Waals surface area contributed by atoms with Crippen molar-refractivity contribution in [3.8, 4) is 0 Å². The molecule has 1 heterocycles. The van der Waals surface area contributed by atoms with Crippen LogP contribution in [0.1, 0.15) is 16.7 Å². The maximum atomic E-state index is 10.7. The molecule has 0 saturated carbocycles. The van der Waals surface area contributed by atoms with Crippen LogP contribution in [0.15, 0.2) is 70.9 Å². The average Bonchev–Trinajstić information content (AvgIpc) is 3.28. The lowest BCUT2D eigenvalue weighted by atomic mass is 10.3. The maximum Gasteiger partial charge on any atom is 0.269 e. The Hall–Kier alpha value is -3.83. The molecule has 10 nitrogen and oxygen atoms in total. The van der Waals surface area contributed by atoms with E-state index in [2.05, 4.69) is 21.1 Å². The first-order valence-electron chi connectivity index (χ1n) is 9.15. The number of alkyl halides is 1. The number of nitro groups is 2. The number of nitrogens with one attached hydrogen (secondary N) is 2. The Bertz CT molecular complexity index is 1180. The van der Waals surface area contributed by atoms with Crippen molar-refractivity contribution in [3.05, 3.63) is 90.6 Å². The highest BCUT2D eigenvalue weighted by Crippen LogP contribution is 2.21. The van der Waals surface area contributed by atoms with E-state index < -0.39 is 9.85 Å². The lowest BCUT2D eigenvalue weighted by molar-refractivity contribution is -0.385. The highest BCUT2D eigenvalue weighted by atomic mass is 35.5. The summed E-state index contributed by atoms with van der Waals surface area (Å²) in [6.45, 7) is 1.83. The second-order valence-corrected chi connectivity index (χ2v) is 7.74. The summed E-state index contributed by atoms with van der Waals surface area (Å²) in [5, 5.41) is 30.1. The molecule has 0 unspecified atom stereocenters. The number of halogens is 1. The highest BCUT2D eigenvalue weighted by molar-refractivity contribution is 7.16. The summed E-state index contributed by atoms with van der Waals surface area (Å²) < 4.78 is 0. The topological polar surface area (TPSA) is 135 Å². The number of benzene rings is 2. The van der Waals surface area contributed by atoms with Crippen LogP contribution in [0.2, 0.25) is 0 Å². The second kappa shape index (κ2) is 10.5. The first-order chi connectivity index (χ1) is 15.4. The van der Waals surface area contributed by atoms with E-state index in [0.717, 1.165) is 15.5 Å². The third-order valence-corrected chi connectivity index (χ3v) is 5.70. The third-order valence-electron chi connectivity index (χ3n) is 4.20. The van der Waals surface area contributed by atoms with E-state index in [4.69, 9.17) is 11.6 Å². The number of hydrogen-bond acceptors (Lipinski definition) is 9. The van der Waals surface area contributed by atoms with Gasteiger partial charge in [-0.25, -0.2) is 0 Å². The van der Waals surface area contributed by atoms with Gasteiger partial charge in [-0.05, 0) is 43.3 Å². The Morgan fingerprint density at radius 2 is 1.31 bits per heavy atom. The molecule has 0 atom stereocenters. The van der Waals surface area contributed by atoms with Gasteiger partial charge in [-0.3, -0.25) is 31.1 Å². The van der Waals surface area contributed by atoms with Crippen molar-refractivity contribution in [1.29, 1.82) is 0 Å². The summed E-state index contributed by atoms with van der Waals surface area (Å²) in [5.74, 6) is 0.164. The van der Waals surface area contributed by atoms with Crippen LogP contribution in [0.5, 0.6) is 0 Å². The van der Waals surface area contributed by atoms with Crippen LogP contribution < -0.4 is 10.9 Å². The van der Waals surface area contributed by atoms with Crippen LogP contribution in [0.4, 0.5) is 22.7 Å². The molecule has 0 amide bonds. The van der Waals surface area contributed by atoms with Crippen molar-refractivity contribution in [2.45, 2.75) is 6.92 Å². The van der Waals surface area contributed by atoms with Gasteiger partial charge < -0.3 is 0 Å². The summed E-state index contributed by atoms with van der Waals surface area (Å²) in [5.41, 5.74) is 8.29. The molecule has 2 aromatic carbocycles. The van der Waals surface area contributed by atoms with E-state index in [9.17, 15) is 20.2 Å². The summed E-state index contributed by atoms with van der Waals surface area (Å²) in [6.07, 6.45) is 0. The van der Waals surface area contributed by atoms with Gasteiger partial charge in [0.25, 0.3) is 11.4 Å². The minimum atomic E-state index is -0.467. The smallest absolute Gasteiger partial charge is 0.269 e. The zero-order valence-corrected chi connectivity index (χ0v) is 18.3. The van der Waals surface area contributed by atoms with Gasteiger partial charge in [-0.1, -0.05) is 0 Å². The van der Waals surface area contributed by atoms with Gasteiger partial charge in [0.2, 0.25) is 0 Å². The van der Waals surface area contributed by atoms with Gasteiger partial charge in [0.1, 0.15) is 0 Å². The molecule has 0 fully saturated rings. The van der Waals surface area contributed by atoms with Gasteiger partial charge in [-0.2, -0.15) is 10.2 Å². The van der Waals surface area contributed by atoms with Gasteiger partial charge >= 0.3 is 0 Å².